The standard InChI is InChI=1S/C12H9Br/c1-2-9-7-8-10-5-3-4-6-11(10)12(9)13/h2-8H,1H2. The van der Waals surface area contributed by atoms with Crippen molar-refractivity contribution in [3.05, 3.63) is 53.0 Å². The van der Waals surface area contributed by atoms with E-state index in [-0.39, 0.29) is 0 Å². The summed E-state index contributed by atoms with van der Waals surface area (Å²) in [6, 6.07) is 12.5. The smallest absolute Gasteiger partial charge is 0.0325 e. The van der Waals surface area contributed by atoms with Gasteiger partial charge in [-0.25, -0.2) is 0 Å². The lowest BCUT2D eigenvalue weighted by atomic mass is 10.1. The topological polar surface area (TPSA) is 0 Å². The Morgan fingerprint density at radius 2 is 1.85 bits per heavy atom. The van der Waals surface area contributed by atoms with Crippen molar-refractivity contribution in [1.82, 2.24) is 0 Å². The second-order valence-corrected chi connectivity index (χ2v) is 3.69. The molecule has 0 fully saturated rings. The van der Waals surface area contributed by atoms with Crippen LogP contribution < -0.4 is 0 Å². The molecular weight excluding hydrogens is 224 g/mol. The molecule has 0 N–H and O–H groups in total. The van der Waals surface area contributed by atoms with Crippen molar-refractivity contribution in [3.63, 3.8) is 0 Å². The van der Waals surface area contributed by atoms with Crippen LogP contribution in [0, 0.1) is 0 Å². The van der Waals surface area contributed by atoms with E-state index in [2.05, 4.69) is 46.8 Å². The minimum Gasteiger partial charge on any atom is -0.0984 e. The Hall–Kier alpha value is -1.08. The zero-order valence-electron chi connectivity index (χ0n) is 7.13. The summed E-state index contributed by atoms with van der Waals surface area (Å²) >= 11 is 3.57. The molecule has 0 amide bonds. The molecule has 0 heterocycles. The van der Waals surface area contributed by atoms with Crippen molar-refractivity contribution in [2.24, 2.45) is 0 Å². The minimum absolute atomic E-state index is 1.13. The zero-order valence-corrected chi connectivity index (χ0v) is 8.71. The van der Waals surface area contributed by atoms with E-state index in [0.29, 0.717) is 0 Å². The molecule has 0 unspecified atom stereocenters. The molecule has 0 aliphatic carbocycles. The SMILES string of the molecule is C=Cc1ccc2ccccc2c1Br. The molecule has 0 aliphatic rings. The van der Waals surface area contributed by atoms with Crippen LogP contribution in [-0.4, -0.2) is 0 Å². The molecule has 0 aliphatic heterocycles. The number of hydrogen-bond acceptors (Lipinski definition) is 0. The predicted octanol–water partition coefficient (Wildman–Crippen LogP) is 4.25. The van der Waals surface area contributed by atoms with Crippen molar-refractivity contribution >= 4 is 32.8 Å². The molecule has 2 aromatic rings. The summed E-state index contributed by atoms with van der Waals surface area (Å²) in [6.45, 7) is 3.77. The third kappa shape index (κ3) is 1.40. The maximum Gasteiger partial charge on any atom is 0.0325 e. The first kappa shape index (κ1) is 8.52. The van der Waals surface area contributed by atoms with Gasteiger partial charge in [-0.1, -0.05) is 49.1 Å². The Bertz CT molecular complexity index is 458. The maximum absolute atomic E-state index is 3.77. The van der Waals surface area contributed by atoms with Crippen LogP contribution in [0.2, 0.25) is 0 Å². The molecule has 2 rings (SSSR count). The summed E-state index contributed by atoms with van der Waals surface area (Å²) < 4.78 is 1.13. The van der Waals surface area contributed by atoms with Crippen LogP contribution in [0.4, 0.5) is 0 Å². The third-order valence-corrected chi connectivity index (χ3v) is 3.00. The van der Waals surface area contributed by atoms with Gasteiger partial charge in [0.25, 0.3) is 0 Å². The van der Waals surface area contributed by atoms with E-state index >= 15 is 0 Å². The molecule has 0 radical (unpaired) electrons. The fraction of sp³-hybridized carbons (Fsp3) is 0. The van der Waals surface area contributed by atoms with Crippen LogP contribution in [0.15, 0.2) is 47.4 Å². The molecule has 13 heavy (non-hydrogen) atoms. The molecule has 64 valence electrons. The Kier molecular flexibility index (Phi) is 2.19. The van der Waals surface area contributed by atoms with Crippen molar-refractivity contribution < 1.29 is 0 Å². The minimum atomic E-state index is 1.13. The fourth-order valence-electron chi connectivity index (χ4n) is 1.41. The number of rotatable bonds is 1. The molecule has 0 saturated heterocycles. The van der Waals surface area contributed by atoms with Crippen LogP contribution >= 0.6 is 15.9 Å². The molecule has 2 aromatic carbocycles. The van der Waals surface area contributed by atoms with E-state index in [0.717, 1.165) is 10.0 Å². The summed E-state index contributed by atoms with van der Waals surface area (Å²) in [5, 5.41) is 2.49. The van der Waals surface area contributed by atoms with Crippen molar-refractivity contribution in [2.45, 2.75) is 0 Å². The van der Waals surface area contributed by atoms with Gasteiger partial charge in [0.2, 0.25) is 0 Å². The first-order valence-electron chi connectivity index (χ1n) is 4.12. The Morgan fingerprint density at radius 1 is 1.08 bits per heavy atom. The predicted molar refractivity (Wildman–Crippen MR) is 61.7 cm³/mol. The second-order valence-electron chi connectivity index (χ2n) is 2.89. The maximum atomic E-state index is 3.77. The van der Waals surface area contributed by atoms with Crippen LogP contribution in [0.5, 0.6) is 0 Å². The van der Waals surface area contributed by atoms with Crippen molar-refractivity contribution in [1.29, 1.82) is 0 Å². The van der Waals surface area contributed by atoms with Gasteiger partial charge in [0.1, 0.15) is 0 Å². The molecule has 0 aromatic heterocycles. The van der Waals surface area contributed by atoms with Crippen LogP contribution in [0.25, 0.3) is 16.8 Å². The highest BCUT2D eigenvalue weighted by molar-refractivity contribution is 9.10. The fourth-order valence-corrected chi connectivity index (χ4v) is 2.06. The number of fused-ring (bicyclic) bond motifs is 1. The van der Waals surface area contributed by atoms with E-state index < -0.39 is 0 Å². The lowest BCUT2D eigenvalue weighted by Gasteiger charge is -2.03. The van der Waals surface area contributed by atoms with Gasteiger partial charge in [0, 0.05) is 4.47 Å². The third-order valence-electron chi connectivity index (χ3n) is 2.11. The quantitative estimate of drug-likeness (QED) is 0.690. The van der Waals surface area contributed by atoms with Gasteiger partial charge >= 0.3 is 0 Å². The number of benzene rings is 2. The summed E-state index contributed by atoms with van der Waals surface area (Å²) in [4.78, 5) is 0. The molecule has 0 bridgehead atoms. The first-order chi connectivity index (χ1) is 6.33. The highest BCUT2D eigenvalue weighted by Crippen LogP contribution is 2.27. The lowest BCUT2D eigenvalue weighted by Crippen LogP contribution is -1.78. The largest absolute Gasteiger partial charge is 0.0984 e. The van der Waals surface area contributed by atoms with Gasteiger partial charge < -0.3 is 0 Å². The van der Waals surface area contributed by atoms with Crippen LogP contribution in [-0.2, 0) is 0 Å². The first-order valence-corrected chi connectivity index (χ1v) is 4.92. The molecule has 0 saturated carbocycles. The van der Waals surface area contributed by atoms with Gasteiger partial charge in [-0.05, 0) is 32.3 Å². The van der Waals surface area contributed by atoms with Gasteiger partial charge in [-0.3, -0.25) is 0 Å². The Balaban J connectivity index is 2.86. The molecule has 0 nitrogen and oxygen atoms in total. The Labute approximate surface area is 86.0 Å². The summed E-state index contributed by atoms with van der Waals surface area (Å²) in [5.41, 5.74) is 1.14. The Morgan fingerprint density at radius 3 is 2.62 bits per heavy atom. The molecule has 1 heteroatoms. The van der Waals surface area contributed by atoms with Gasteiger partial charge in [0.05, 0.1) is 0 Å². The average Bonchev–Trinajstić information content (AvgIpc) is 2.19. The highest BCUT2D eigenvalue weighted by atomic mass is 79.9. The monoisotopic (exact) mass is 232 g/mol. The summed E-state index contributed by atoms with van der Waals surface area (Å²) in [6.07, 6.45) is 1.86. The summed E-state index contributed by atoms with van der Waals surface area (Å²) in [7, 11) is 0. The normalized spacial score (nSPS) is 10.2. The van der Waals surface area contributed by atoms with E-state index in [1.807, 2.05) is 18.2 Å². The highest BCUT2D eigenvalue weighted by Gasteiger charge is 2.00. The van der Waals surface area contributed by atoms with Crippen LogP contribution in [0.3, 0.4) is 0 Å². The second kappa shape index (κ2) is 3.35. The van der Waals surface area contributed by atoms with Gasteiger partial charge in [-0.2, -0.15) is 0 Å². The van der Waals surface area contributed by atoms with E-state index in [4.69, 9.17) is 0 Å². The zero-order chi connectivity index (χ0) is 9.26. The molecule has 0 atom stereocenters. The van der Waals surface area contributed by atoms with E-state index in [1.165, 1.54) is 10.8 Å². The molecular formula is C12H9Br. The summed E-state index contributed by atoms with van der Waals surface area (Å²) in [5.74, 6) is 0. The average molecular weight is 233 g/mol. The van der Waals surface area contributed by atoms with Crippen molar-refractivity contribution in [2.75, 3.05) is 0 Å². The van der Waals surface area contributed by atoms with Gasteiger partial charge in [0.15, 0.2) is 0 Å². The van der Waals surface area contributed by atoms with E-state index in [1.54, 1.807) is 0 Å². The lowest BCUT2D eigenvalue weighted by molar-refractivity contribution is 1.66. The van der Waals surface area contributed by atoms with E-state index in [9.17, 15) is 0 Å². The van der Waals surface area contributed by atoms with Gasteiger partial charge in [-0.15, -0.1) is 0 Å². The molecule has 0 spiro atoms. The number of halogens is 1. The van der Waals surface area contributed by atoms with Crippen LogP contribution in [0.1, 0.15) is 5.56 Å². The number of hydrogen-bond donors (Lipinski definition) is 0. The van der Waals surface area contributed by atoms with Crippen molar-refractivity contribution in [3.8, 4) is 0 Å².